The zero-order valence-electron chi connectivity index (χ0n) is 11.8. The Kier molecular flexibility index (Phi) is 3.92. The normalized spacial score (nSPS) is 16.7. The smallest absolute Gasteiger partial charge is 0.243 e. The molecule has 0 N–H and O–H groups in total. The molecule has 1 saturated heterocycles. The molecule has 1 fully saturated rings. The highest BCUT2D eigenvalue weighted by atomic mass is 79.9. The van der Waals surface area contributed by atoms with E-state index in [4.69, 9.17) is 0 Å². The number of hydrogen-bond donors (Lipinski definition) is 0. The van der Waals surface area contributed by atoms with Gasteiger partial charge in [0.25, 0.3) is 0 Å². The fourth-order valence-corrected chi connectivity index (χ4v) is 4.52. The molecule has 0 bridgehead atoms. The second kappa shape index (κ2) is 6.07. The molecule has 1 amide bonds. The third-order valence-electron chi connectivity index (χ3n) is 3.33. The van der Waals surface area contributed by atoms with Gasteiger partial charge >= 0.3 is 0 Å². The first-order valence-electron chi connectivity index (χ1n) is 6.87. The van der Waals surface area contributed by atoms with Gasteiger partial charge in [-0.05, 0) is 40.2 Å². The number of thiazole rings is 1. The Morgan fingerprint density at radius 1 is 1.13 bits per heavy atom. The van der Waals surface area contributed by atoms with Crippen LogP contribution in [0.4, 0.5) is 10.8 Å². The number of aromatic nitrogens is 1. The summed E-state index contributed by atoms with van der Waals surface area (Å²) in [7, 11) is 0. The van der Waals surface area contributed by atoms with Crippen LogP contribution in [0.1, 0.15) is 0 Å². The molecule has 7 heteroatoms. The van der Waals surface area contributed by atoms with E-state index in [1.807, 2.05) is 48.5 Å². The molecule has 0 aliphatic carbocycles. The van der Waals surface area contributed by atoms with Crippen molar-refractivity contribution in [3.8, 4) is 0 Å². The van der Waals surface area contributed by atoms with Crippen LogP contribution in [0.25, 0.3) is 10.2 Å². The summed E-state index contributed by atoms with van der Waals surface area (Å²) in [6.07, 6.45) is 0. The molecule has 1 aliphatic rings. The van der Waals surface area contributed by atoms with Crippen molar-refractivity contribution >= 4 is 71.1 Å². The lowest BCUT2D eigenvalue weighted by Gasteiger charge is -2.17. The van der Waals surface area contributed by atoms with E-state index in [9.17, 15) is 4.79 Å². The van der Waals surface area contributed by atoms with E-state index in [1.54, 1.807) is 4.90 Å². The second-order valence-corrected chi connectivity index (χ2v) is 7.63. The fraction of sp³-hybridized carbons (Fsp3) is 0.0625. The van der Waals surface area contributed by atoms with Crippen molar-refractivity contribution in [2.24, 2.45) is 4.99 Å². The fourth-order valence-electron chi connectivity index (χ4n) is 2.30. The van der Waals surface area contributed by atoms with Gasteiger partial charge in [0.15, 0.2) is 5.17 Å². The van der Waals surface area contributed by atoms with Crippen molar-refractivity contribution in [2.75, 3.05) is 10.7 Å². The SMILES string of the molecule is O=C1CS/C(=N\c2nc3ccccc3s2)N1c1ccccc1Br. The number of carbonyl (C=O) groups excluding carboxylic acids is 1. The quantitative estimate of drug-likeness (QED) is 0.615. The lowest BCUT2D eigenvalue weighted by Crippen LogP contribution is -2.29. The number of anilines is 1. The lowest BCUT2D eigenvalue weighted by atomic mass is 10.3. The first kappa shape index (κ1) is 14.9. The van der Waals surface area contributed by atoms with Crippen LogP contribution in [-0.2, 0) is 4.79 Å². The number of amidine groups is 1. The Morgan fingerprint density at radius 3 is 2.74 bits per heavy atom. The Balaban J connectivity index is 1.77. The lowest BCUT2D eigenvalue weighted by molar-refractivity contribution is -0.115. The topological polar surface area (TPSA) is 45.6 Å². The summed E-state index contributed by atoms with van der Waals surface area (Å²) in [5.74, 6) is 0.423. The predicted octanol–water partition coefficient (Wildman–Crippen LogP) is 4.83. The first-order valence-corrected chi connectivity index (χ1v) is 9.46. The van der Waals surface area contributed by atoms with Gasteiger partial charge in [-0.2, -0.15) is 4.99 Å². The summed E-state index contributed by atoms with van der Waals surface area (Å²) >= 11 is 6.47. The van der Waals surface area contributed by atoms with Crippen molar-refractivity contribution in [1.29, 1.82) is 0 Å². The van der Waals surface area contributed by atoms with Crippen LogP contribution >= 0.6 is 39.0 Å². The number of hydrogen-bond acceptors (Lipinski definition) is 5. The zero-order valence-corrected chi connectivity index (χ0v) is 15.0. The predicted molar refractivity (Wildman–Crippen MR) is 101 cm³/mol. The van der Waals surface area contributed by atoms with Crippen LogP contribution in [-0.4, -0.2) is 21.8 Å². The molecule has 2 aromatic carbocycles. The maximum atomic E-state index is 12.3. The summed E-state index contributed by atoms with van der Waals surface area (Å²) in [5.41, 5.74) is 1.74. The number of amides is 1. The summed E-state index contributed by atoms with van der Waals surface area (Å²) in [5, 5.41) is 1.33. The number of carbonyl (C=O) groups is 1. The minimum absolute atomic E-state index is 0.0294. The summed E-state index contributed by atoms with van der Waals surface area (Å²) in [6.45, 7) is 0. The average Bonchev–Trinajstić information content (AvgIpc) is 3.12. The van der Waals surface area contributed by atoms with Gasteiger partial charge in [-0.15, -0.1) is 0 Å². The van der Waals surface area contributed by atoms with E-state index >= 15 is 0 Å². The van der Waals surface area contributed by atoms with Crippen LogP contribution < -0.4 is 4.90 Å². The largest absolute Gasteiger partial charge is 0.273 e. The number of benzene rings is 2. The standard InChI is InChI=1S/C16H10BrN3OS2/c17-10-5-1-3-7-12(10)20-14(21)9-22-16(20)19-15-18-11-6-2-4-8-13(11)23-15/h1-8H,9H2/b19-16-. The molecule has 4 rings (SSSR count). The molecule has 0 spiro atoms. The van der Waals surface area contributed by atoms with E-state index in [0.29, 0.717) is 16.1 Å². The molecular formula is C16H10BrN3OS2. The highest BCUT2D eigenvalue weighted by Gasteiger charge is 2.31. The van der Waals surface area contributed by atoms with E-state index < -0.39 is 0 Å². The number of para-hydroxylation sites is 2. The highest BCUT2D eigenvalue weighted by Crippen LogP contribution is 2.35. The molecule has 23 heavy (non-hydrogen) atoms. The van der Waals surface area contributed by atoms with Gasteiger partial charge in [0, 0.05) is 4.47 Å². The van der Waals surface area contributed by atoms with Crippen molar-refractivity contribution < 1.29 is 4.79 Å². The molecule has 0 radical (unpaired) electrons. The molecule has 0 unspecified atom stereocenters. The van der Waals surface area contributed by atoms with Gasteiger partial charge in [0.05, 0.1) is 21.7 Å². The number of thioether (sulfide) groups is 1. The first-order chi connectivity index (χ1) is 11.2. The average molecular weight is 404 g/mol. The Morgan fingerprint density at radius 2 is 1.91 bits per heavy atom. The summed E-state index contributed by atoms with van der Waals surface area (Å²) < 4.78 is 1.96. The zero-order chi connectivity index (χ0) is 15.8. The van der Waals surface area contributed by atoms with Crippen LogP contribution in [0.2, 0.25) is 0 Å². The van der Waals surface area contributed by atoms with E-state index in [2.05, 4.69) is 25.9 Å². The van der Waals surface area contributed by atoms with Crippen molar-refractivity contribution in [3.05, 3.63) is 53.0 Å². The summed E-state index contributed by atoms with van der Waals surface area (Å²) in [6, 6.07) is 15.6. The molecule has 4 nitrogen and oxygen atoms in total. The van der Waals surface area contributed by atoms with E-state index in [1.165, 1.54) is 23.1 Å². The minimum atomic E-state index is 0.0294. The van der Waals surface area contributed by atoms with Gasteiger partial charge in [0.1, 0.15) is 0 Å². The molecule has 1 aliphatic heterocycles. The molecular weight excluding hydrogens is 394 g/mol. The van der Waals surface area contributed by atoms with Gasteiger partial charge < -0.3 is 0 Å². The van der Waals surface area contributed by atoms with Gasteiger partial charge in [-0.3, -0.25) is 9.69 Å². The molecule has 0 saturated carbocycles. The van der Waals surface area contributed by atoms with Crippen LogP contribution in [0, 0.1) is 0 Å². The number of halogens is 1. The maximum Gasteiger partial charge on any atom is 0.243 e. The van der Waals surface area contributed by atoms with Crippen molar-refractivity contribution in [1.82, 2.24) is 4.98 Å². The third-order valence-corrected chi connectivity index (χ3v) is 5.86. The molecule has 3 aromatic rings. The monoisotopic (exact) mass is 403 g/mol. The number of fused-ring (bicyclic) bond motifs is 1. The molecule has 114 valence electrons. The molecule has 2 heterocycles. The van der Waals surface area contributed by atoms with E-state index in [0.717, 1.165) is 20.4 Å². The van der Waals surface area contributed by atoms with Gasteiger partial charge in [0.2, 0.25) is 11.0 Å². The van der Waals surface area contributed by atoms with Gasteiger partial charge in [-0.25, -0.2) is 4.98 Å². The van der Waals surface area contributed by atoms with Crippen molar-refractivity contribution in [3.63, 3.8) is 0 Å². The Bertz CT molecular complexity index is 905. The number of nitrogens with zero attached hydrogens (tertiary/aromatic N) is 3. The van der Waals surface area contributed by atoms with E-state index in [-0.39, 0.29) is 5.91 Å². The Labute approximate surface area is 149 Å². The molecule has 1 aromatic heterocycles. The van der Waals surface area contributed by atoms with Gasteiger partial charge in [-0.1, -0.05) is 47.4 Å². The minimum Gasteiger partial charge on any atom is -0.273 e. The third kappa shape index (κ3) is 2.80. The molecule has 0 atom stereocenters. The Hall–Kier alpha value is -1.70. The van der Waals surface area contributed by atoms with Crippen LogP contribution in [0.3, 0.4) is 0 Å². The number of aliphatic imine (C=N–C) groups is 1. The van der Waals surface area contributed by atoms with Crippen LogP contribution in [0.15, 0.2) is 58.0 Å². The van der Waals surface area contributed by atoms with Crippen molar-refractivity contribution in [2.45, 2.75) is 0 Å². The van der Waals surface area contributed by atoms with Crippen LogP contribution in [0.5, 0.6) is 0 Å². The number of rotatable bonds is 2. The second-order valence-electron chi connectivity index (χ2n) is 4.83. The highest BCUT2D eigenvalue weighted by molar-refractivity contribution is 9.10. The summed E-state index contributed by atoms with van der Waals surface area (Å²) in [4.78, 5) is 23.1. The maximum absolute atomic E-state index is 12.3.